The van der Waals surface area contributed by atoms with Crippen LogP contribution in [0.15, 0.2) is 0 Å². The van der Waals surface area contributed by atoms with E-state index in [0.29, 0.717) is 6.42 Å². The molecular weight excluding hydrogens is 184 g/mol. The number of rotatable bonds is 4. The van der Waals surface area contributed by atoms with E-state index in [0.717, 1.165) is 12.8 Å². The average Bonchev–Trinajstić information content (AvgIpc) is 2.01. The molecule has 0 saturated heterocycles. The van der Waals surface area contributed by atoms with E-state index in [1.54, 1.807) is 0 Å². The van der Waals surface area contributed by atoms with Gasteiger partial charge in [0.2, 0.25) is 0 Å². The molecular formula is C10H15O4. The summed E-state index contributed by atoms with van der Waals surface area (Å²) >= 11 is 0. The van der Waals surface area contributed by atoms with Gasteiger partial charge < -0.3 is 10.2 Å². The van der Waals surface area contributed by atoms with E-state index < -0.39 is 11.9 Å². The van der Waals surface area contributed by atoms with Crippen LogP contribution in [-0.4, -0.2) is 22.2 Å². The lowest BCUT2D eigenvalue weighted by atomic mass is 9.78. The third kappa shape index (κ3) is 3.77. The summed E-state index contributed by atoms with van der Waals surface area (Å²) in [7, 11) is 0. The van der Waals surface area contributed by atoms with Gasteiger partial charge in [-0.1, -0.05) is 0 Å². The Hall–Kier alpha value is -1.06. The Morgan fingerprint density at radius 3 is 2.43 bits per heavy atom. The van der Waals surface area contributed by atoms with Crippen LogP contribution in [0.1, 0.15) is 32.1 Å². The molecule has 0 bridgehead atoms. The minimum atomic E-state index is -0.803. The SMILES string of the molecule is O=C(O)CC1[CH]CCC(CC(=O)O)C1. The van der Waals surface area contributed by atoms with Crippen LogP contribution in [0.3, 0.4) is 0 Å². The van der Waals surface area contributed by atoms with E-state index in [2.05, 4.69) is 0 Å². The van der Waals surface area contributed by atoms with Gasteiger partial charge in [-0.3, -0.25) is 9.59 Å². The quantitative estimate of drug-likeness (QED) is 0.720. The fourth-order valence-electron chi connectivity index (χ4n) is 2.03. The predicted octanol–water partition coefficient (Wildman–Crippen LogP) is 1.56. The molecule has 0 aliphatic heterocycles. The zero-order chi connectivity index (χ0) is 10.6. The molecule has 0 aromatic carbocycles. The zero-order valence-electron chi connectivity index (χ0n) is 7.98. The van der Waals surface area contributed by atoms with Crippen molar-refractivity contribution in [1.29, 1.82) is 0 Å². The molecule has 1 radical (unpaired) electrons. The van der Waals surface area contributed by atoms with Crippen molar-refractivity contribution in [2.45, 2.75) is 32.1 Å². The molecule has 1 saturated carbocycles. The summed E-state index contributed by atoms with van der Waals surface area (Å²) in [6, 6.07) is 0. The fraction of sp³-hybridized carbons (Fsp3) is 0.700. The monoisotopic (exact) mass is 199 g/mol. The van der Waals surface area contributed by atoms with Gasteiger partial charge in [-0.25, -0.2) is 0 Å². The first-order chi connectivity index (χ1) is 6.58. The van der Waals surface area contributed by atoms with Crippen LogP contribution < -0.4 is 0 Å². The first kappa shape index (κ1) is 11.0. The minimum Gasteiger partial charge on any atom is -0.481 e. The fourth-order valence-corrected chi connectivity index (χ4v) is 2.03. The summed E-state index contributed by atoms with van der Waals surface area (Å²) in [5.41, 5.74) is 0. The molecule has 2 atom stereocenters. The third-order valence-electron chi connectivity index (χ3n) is 2.61. The molecule has 4 nitrogen and oxygen atoms in total. The van der Waals surface area contributed by atoms with Gasteiger partial charge in [0.05, 0.1) is 0 Å². The largest absolute Gasteiger partial charge is 0.481 e. The van der Waals surface area contributed by atoms with Gasteiger partial charge in [-0.05, 0) is 37.5 Å². The molecule has 4 heteroatoms. The number of hydrogen-bond acceptors (Lipinski definition) is 2. The van der Waals surface area contributed by atoms with Gasteiger partial charge in [0.25, 0.3) is 0 Å². The molecule has 0 spiro atoms. The predicted molar refractivity (Wildman–Crippen MR) is 49.6 cm³/mol. The highest BCUT2D eigenvalue weighted by Gasteiger charge is 2.25. The van der Waals surface area contributed by atoms with Gasteiger partial charge in [-0.2, -0.15) is 0 Å². The number of carbonyl (C=O) groups is 2. The van der Waals surface area contributed by atoms with Crippen LogP contribution in [-0.2, 0) is 9.59 Å². The zero-order valence-corrected chi connectivity index (χ0v) is 7.98. The van der Waals surface area contributed by atoms with Crippen LogP contribution >= 0.6 is 0 Å². The number of hydrogen-bond donors (Lipinski definition) is 2. The molecule has 2 unspecified atom stereocenters. The number of aliphatic carboxylic acids is 2. The molecule has 1 rings (SSSR count). The lowest BCUT2D eigenvalue weighted by Crippen LogP contribution is -2.20. The summed E-state index contributed by atoms with van der Waals surface area (Å²) in [5, 5.41) is 17.2. The first-order valence-electron chi connectivity index (χ1n) is 4.85. The minimum absolute atomic E-state index is 0.0607. The van der Waals surface area contributed by atoms with Gasteiger partial charge in [0.15, 0.2) is 0 Å². The summed E-state index contributed by atoms with van der Waals surface area (Å²) in [4.78, 5) is 20.9. The van der Waals surface area contributed by atoms with Gasteiger partial charge in [0.1, 0.15) is 0 Å². The van der Waals surface area contributed by atoms with Crippen molar-refractivity contribution in [3.8, 4) is 0 Å². The van der Waals surface area contributed by atoms with Crippen LogP contribution in [0, 0.1) is 18.3 Å². The topological polar surface area (TPSA) is 74.6 Å². The van der Waals surface area contributed by atoms with Crippen molar-refractivity contribution in [2.24, 2.45) is 11.8 Å². The Bertz CT molecular complexity index is 202. The standard InChI is InChI=1S/C10H15O4/c11-9(12)5-7-2-1-3-8(4-7)6-10(13)14/h2,7-8H,1,3-6H2,(H,11,12)(H,13,14). The Kier molecular flexibility index (Phi) is 3.92. The maximum atomic E-state index is 10.5. The summed E-state index contributed by atoms with van der Waals surface area (Å²) in [5.74, 6) is -1.37. The van der Waals surface area contributed by atoms with Gasteiger partial charge in [-0.15, -0.1) is 0 Å². The number of carboxylic acids is 2. The van der Waals surface area contributed by atoms with Crippen LogP contribution in [0.4, 0.5) is 0 Å². The van der Waals surface area contributed by atoms with E-state index in [1.807, 2.05) is 6.42 Å². The van der Waals surface area contributed by atoms with E-state index >= 15 is 0 Å². The van der Waals surface area contributed by atoms with Crippen molar-refractivity contribution in [3.05, 3.63) is 6.42 Å². The van der Waals surface area contributed by atoms with Crippen molar-refractivity contribution >= 4 is 11.9 Å². The Morgan fingerprint density at radius 1 is 1.21 bits per heavy atom. The second kappa shape index (κ2) is 4.98. The van der Waals surface area contributed by atoms with Crippen molar-refractivity contribution in [1.82, 2.24) is 0 Å². The van der Waals surface area contributed by atoms with E-state index in [-0.39, 0.29) is 24.7 Å². The van der Waals surface area contributed by atoms with Crippen LogP contribution in [0.25, 0.3) is 0 Å². The summed E-state index contributed by atoms with van der Waals surface area (Å²) in [6.07, 6.45) is 4.74. The highest BCUT2D eigenvalue weighted by Crippen LogP contribution is 2.32. The smallest absolute Gasteiger partial charge is 0.303 e. The second-order valence-corrected chi connectivity index (χ2v) is 3.87. The second-order valence-electron chi connectivity index (χ2n) is 3.87. The van der Waals surface area contributed by atoms with Crippen LogP contribution in [0.2, 0.25) is 0 Å². The van der Waals surface area contributed by atoms with Crippen LogP contribution in [0.5, 0.6) is 0 Å². The third-order valence-corrected chi connectivity index (χ3v) is 2.61. The molecule has 0 aromatic rings. The Morgan fingerprint density at radius 2 is 1.86 bits per heavy atom. The molecule has 1 aliphatic carbocycles. The average molecular weight is 199 g/mol. The summed E-state index contributed by atoms with van der Waals surface area (Å²) < 4.78 is 0. The lowest BCUT2D eigenvalue weighted by molar-refractivity contribution is -0.138. The molecule has 0 heterocycles. The molecule has 79 valence electrons. The molecule has 1 fully saturated rings. The normalized spacial score (nSPS) is 27.1. The Balaban J connectivity index is 2.35. The Labute approximate surface area is 82.9 Å². The van der Waals surface area contributed by atoms with E-state index in [9.17, 15) is 9.59 Å². The lowest BCUT2D eigenvalue weighted by Gasteiger charge is -2.26. The van der Waals surface area contributed by atoms with E-state index in [4.69, 9.17) is 10.2 Å². The van der Waals surface area contributed by atoms with Gasteiger partial charge >= 0.3 is 11.9 Å². The van der Waals surface area contributed by atoms with Crippen molar-refractivity contribution < 1.29 is 19.8 Å². The van der Waals surface area contributed by atoms with Gasteiger partial charge in [0, 0.05) is 12.8 Å². The number of carboxylic acid groups (broad SMARTS) is 2. The molecule has 2 N–H and O–H groups in total. The first-order valence-corrected chi connectivity index (χ1v) is 4.85. The van der Waals surface area contributed by atoms with Crippen molar-refractivity contribution in [2.75, 3.05) is 0 Å². The highest BCUT2D eigenvalue weighted by atomic mass is 16.4. The van der Waals surface area contributed by atoms with E-state index in [1.165, 1.54) is 0 Å². The molecule has 0 aromatic heterocycles. The molecule has 0 amide bonds. The van der Waals surface area contributed by atoms with Crippen molar-refractivity contribution in [3.63, 3.8) is 0 Å². The molecule has 14 heavy (non-hydrogen) atoms. The maximum absolute atomic E-state index is 10.5. The molecule has 1 aliphatic rings. The highest BCUT2D eigenvalue weighted by molar-refractivity contribution is 5.68. The maximum Gasteiger partial charge on any atom is 0.303 e. The summed E-state index contributed by atoms with van der Waals surface area (Å²) in [6.45, 7) is 0.